The predicted octanol–water partition coefficient (Wildman–Crippen LogP) is 5.92. The predicted molar refractivity (Wildman–Crippen MR) is 163 cm³/mol. The number of imide groups is 1. The van der Waals surface area contributed by atoms with Crippen molar-refractivity contribution in [1.29, 1.82) is 0 Å². The van der Waals surface area contributed by atoms with Crippen molar-refractivity contribution in [2.24, 2.45) is 11.3 Å². The van der Waals surface area contributed by atoms with Crippen LogP contribution in [-0.4, -0.2) is 93.7 Å². The summed E-state index contributed by atoms with van der Waals surface area (Å²) in [4.78, 5) is 48.0. The van der Waals surface area contributed by atoms with Crippen LogP contribution in [0.2, 0.25) is 0 Å². The molecule has 2 unspecified atom stereocenters. The largest absolute Gasteiger partial charge is 0.341 e. The van der Waals surface area contributed by atoms with Gasteiger partial charge in [0.2, 0.25) is 5.91 Å². The Bertz CT molecular complexity index is 1180. The minimum absolute atomic E-state index is 0. The van der Waals surface area contributed by atoms with Crippen LogP contribution >= 0.6 is 12.4 Å². The van der Waals surface area contributed by atoms with Crippen LogP contribution in [0.25, 0.3) is 0 Å². The van der Waals surface area contributed by atoms with E-state index < -0.39 is 30.4 Å². The van der Waals surface area contributed by atoms with Gasteiger partial charge in [-0.15, -0.1) is 12.4 Å². The Morgan fingerprint density at radius 3 is 2.19 bits per heavy atom. The molecule has 1 saturated carbocycles. The summed E-state index contributed by atoms with van der Waals surface area (Å²) in [5, 5.41) is 0. The molecule has 0 radical (unpaired) electrons. The summed E-state index contributed by atoms with van der Waals surface area (Å²) in [6, 6.07) is 9.90. The zero-order valence-corrected chi connectivity index (χ0v) is 26.5. The van der Waals surface area contributed by atoms with Gasteiger partial charge in [0.05, 0.1) is 6.54 Å². The fraction of sp³-hybridized carbons (Fsp3) is 0.727. The summed E-state index contributed by atoms with van der Waals surface area (Å²) in [6.07, 6.45) is 5.43. The summed E-state index contributed by atoms with van der Waals surface area (Å²) in [7, 11) is 0. The van der Waals surface area contributed by atoms with Gasteiger partial charge in [-0.05, 0) is 63.9 Å². The molecule has 4 amide bonds. The molecular formula is C33H47ClF2N4O3. The third kappa shape index (κ3) is 5.58. The second kappa shape index (κ2) is 12.3. The van der Waals surface area contributed by atoms with Gasteiger partial charge < -0.3 is 9.80 Å². The number of halogens is 3. The lowest BCUT2D eigenvalue weighted by molar-refractivity contribution is -0.142. The first-order valence-corrected chi connectivity index (χ1v) is 16.1. The van der Waals surface area contributed by atoms with Gasteiger partial charge in [0, 0.05) is 49.1 Å². The van der Waals surface area contributed by atoms with Crippen molar-refractivity contribution >= 4 is 30.3 Å². The molecule has 7 nitrogen and oxygen atoms in total. The molecule has 1 aromatic carbocycles. The third-order valence-electron chi connectivity index (χ3n) is 11.2. The van der Waals surface area contributed by atoms with Gasteiger partial charge in [-0.1, -0.05) is 56.5 Å². The summed E-state index contributed by atoms with van der Waals surface area (Å²) in [5.41, 5.74) is -0.0585. The number of carbonyl (C=O) groups excluding carboxylic acids is 3. The average molecular weight is 621 g/mol. The van der Waals surface area contributed by atoms with Gasteiger partial charge in [-0.3, -0.25) is 19.4 Å². The van der Waals surface area contributed by atoms with Crippen molar-refractivity contribution in [2.75, 3.05) is 26.2 Å². The van der Waals surface area contributed by atoms with Gasteiger partial charge in [-0.2, -0.15) is 0 Å². The molecule has 1 aromatic rings. The van der Waals surface area contributed by atoms with E-state index >= 15 is 0 Å². The van der Waals surface area contributed by atoms with Crippen LogP contribution in [-0.2, 0) is 9.59 Å². The number of alkyl halides is 2. The van der Waals surface area contributed by atoms with Gasteiger partial charge in [-0.25, -0.2) is 13.6 Å². The number of fused-ring (bicyclic) bond motifs is 2. The number of carbonyl (C=O) groups is 3. The first-order chi connectivity index (χ1) is 20.0. The van der Waals surface area contributed by atoms with Crippen LogP contribution in [0.4, 0.5) is 13.6 Å². The van der Waals surface area contributed by atoms with Crippen LogP contribution in [0, 0.1) is 11.3 Å². The topological polar surface area (TPSA) is 64.2 Å². The number of benzene rings is 1. The Morgan fingerprint density at radius 2 is 1.60 bits per heavy atom. The van der Waals surface area contributed by atoms with Crippen molar-refractivity contribution in [2.45, 2.75) is 115 Å². The molecule has 5 fully saturated rings. The molecule has 4 atom stereocenters. The van der Waals surface area contributed by atoms with Gasteiger partial charge in [0.15, 0.2) is 0 Å². The fourth-order valence-electron chi connectivity index (χ4n) is 9.25. The minimum Gasteiger partial charge on any atom is -0.341 e. The number of piperidine rings is 1. The molecule has 1 spiro atoms. The van der Waals surface area contributed by atoms with E-state index in [0.717, 1.165) is 63.1 Å². The number of hydrogen-bond donors (Lipinski definition) is 0. The zero-order valence-electron chi connectivity index (χ0n) is 25.7. The van der Waals surface area contributed by atoms with E-state index in [4.69, 9.17) is 0 Å². The second-order valence-corrected chi connectivity index (χ2v) is 14.2. The van der Waals surface area contributed by atoms with Crippen LogP contribution in [0.3, 0.4) is 0 Å². The van der Waals surface area contributed by atoms with Crippen LogP contribution in [0.1, 0.15) is 90.0 Å². The highest BCUT2D eigenvalue weighted by Gasteiger charge is 2.63. The Labute approximate surface area is 260 Å². The van der Waals surface area contributed by atoms with Gasteiger partial charge in [0.25, 0.3) is 12.3 Å². The Morgan fingerprint density at radius 1 is 0.977 bits per heavy atom. The van der Waals surface area contributed by atoms with E-state index in [0.29, 0.717) is 18.7 Å². The smallest absolute Gasteiger partial charge is 0.328 e. The number of hydrogen-bond acceptors (Lipinski definition) is 4. The fourth-order valence-corrected chi connectivity index (χ4v) is 9.25. The first-order valence-electron chi connectivity index (χ1n) is 16.1. The lowest BCUT2D eigenvalue weighted by Gasteiger charge is -2.48. The molecule has 43 heavy (non-hydrogen) atoms. The van der Waals surface area contributed by atoms with E-state index in [2.05, 4.69) is 41.0 Å². The molecule has 1 aliphatic carbocycles. The SMILES string of the molecule is CC(C)N1C(=O)N(CC(F)F)C(=O)C12CC1CCC(C2)N1C[C@H]1CN(C(=O)C2(C)CCCCC2)C[C@@H]1c1ccccc1.Cl. The Kier molecular flexibility index (Phi) is 9.17. The lowest BCUT2D eigenvalue weighted by atomic mass is 9.74. The van der Waals surface area contributed by atoms with Gasteiger partial charge in [0.1, 0.15) is 5.54 Å². The highest BCUT2D eigenvalue weighted by molar-refractivity contribution is 6.07. The summed E-state index contributed by atoms with van der Waals surface area (Å²) < 4.78 is 26.8. The lowest BCUT2D eigenvalue weighted by Crippen LogP contribution is -2.62. The molecule has 4 saturated heterocycles. The summed E-state index contributed by atoms with van der Waals surface area (Å²) in [6.45, 7) is 7.34. The first kappa shape index (κ1) is 32.1. The molecule has 2 bridgehead atoms. The van der Waals surface area contributed by atoms with Crippen molar-refractivity contribution in [3.63, 3.8) is 0 Å². The van der Waals surface area contributed by atoms with Crippen LogP contribution < -0.4 is 0 Å². The molecule has 0 aromatic heterocycles. The monoisotopic (exact) mass is 620 g/mol. The third-order valence-corrected chi connectivity index (χ3v) is 11.2. The molecule has 0 N–H and O–H groups in total. The molecular weight excluding hydrogens is 574 g/mol. The minimum atomic E-state index is -2.75. The quantitative estimate of drug-likeness (QED) is 0.355. The maximum Gasteiger partial charge on any atom is 0.328 e. The van der Waals surface area contributed by atoms with Crippen molar-refractivity contribution in [3.05, 3.63) is 35.9 Å². The number of urea groups is 1. The Hall–Kier alpha value is -2.26. The number of rotatable bonds is 7. The average Bonchev–Trinajstić information content (AvgIpc) is 3.54. The number of nitrogens with zero attached hydrogens (tertiary/aromatic N) is 4. The van der Waals surface area contributed by atoms with Crippen molar-refractivity contribution in [1.82, 2.24) is 19.6 Å². The van der Waals surface area contributed by atoms with E-state index in [-0.39, 0.29) is 47.8 Å². The van der Waals surface area contributed by atoms with E-state index in [1.54, 1.807) is 4.90 Å². The summed E-state index contributed by atoms with van der Waals surface area (Å²) in [5.74, 6) is 0.352. The number of amides is 4. The summed E-state index contributed by atoms with van der Waals surface area (Å²) >= 11 is 0. The second-order valence-electron chi connectivity index (χ2n) is 14.2. The molecule has 4 heterocycles. The molecule has 4 aliphatic heterocycles. The van der Waals surface area contributed by atoms with Crippen molar-refractivity contribution in [3.8, 4) is 0 Å². The highest BCUT2D eigenvalue weighted by Crippen LogP contribution is 2.49. The molecule has 5 aliphatic rings. The van der Waals surface area contributed by atoms with Crippen LogP contribution in [0.15, 0.2) is 30.3 Å². The normalized spacial score (nSPS) is 32.4. The molecule has 10 heteroatoms. The number of likely N-dealkylation sites (tertiary alicyclic amines) is 1. The molecule has 6 rings (SSSR count). The van der Waals surface area contributed by atoms with Crippen LogP contribution in [0.5, 0.6) is 0 Å². The van der Waals surface area contributed by atoms with Gasteiger partial charge >= 0.3 is 6.03 Å². The van der Waals surface area contributed by atoms with E-state index in [9.17, 15) is 23.2 Å². The van der Waals surface area contributed by atoms with E-state index in [1.807, 2.05) is 19.9 Å². The molecule has 238 valence electrons. The Balaban J connectivity index is 0.00000368. The maximum absolute atomic E-state index is 13.9. The highest BCUT2D eigenvalue weighted by atomic mass is 35.5. The zero-order chi connectivity index (χ0) is 29.8. The maximum atomic E-state index is 13.9. The van der Waals surface area contributed by atoms with E-state index in [1.165, 1.54) is 12.0 Å². The standard InChI is InChI=1S/C33H46F2N4O3.ClH/c1-22(2)39-31(42)38(21-28(34)35)30(41)33(39)16-25-12-13-26(17-33)37(25)19-24-18-36(20-27(24)23-10-6-4-7-11-23)29(40)32(3)14-8-5-9-15-32;/h4,6-7,10-11,22,24-28H,5,8-9,12-21H2,1-3H3;1H/t24-,25?,26?,27-,33?;/m1./s1. The van der Waals surface area contributed by atoms with Crippen molar-refractivity contribution < 1.29 is 23.2 Å².